The molecule has 0 aliphatic carbocycles. The van der Waals surface area contributed by atoms with Crippen LogP contribution in [-0.4, -0.2) is 29.5 Å². The molecule has 0 aromatic heterocycles. The fourth-order valence-electron chi connectivity index (χ4n) is 1.10. The molecule has 0 atom stereocenters. The zero-order valence-corrected chi connectivity index (χ0v) is 8.84. The lowest BCUT2D eigenvalue weighted by atomic mass is 10.2. The molecule has 0 spiro atoms. The second-order valence-electron chi connectivity index (χ2n) is 3.19. The van der Waals surface area contributed by atoms with E-state index in [1.165, 1.54) is 12.1 Å². The second-order valence-corrected chi connectivity index (χ2v) is 3.60. The van der Waals surface area contributed by atoms with Crippen LogP contribution in [0.3, 0.4) is 0 Å². The van der Waals surface area contributed by atoms with Crippen LogP contribution in [0.2, 0.25) is 5.02 Å². The number of nitrogens with one attached hydrogen (secondary N) is 1. The van der Waals surface area contributed by atoms with Crippen LogP contribution < -0.4 is 5.32 Å². The maximum Gasteiger partial charge on any atom is 0.142 e. The van der Waals surface area contributed by atoms with Gasteiger partial charge in [-0.25, -0.2) is 4.39 Å². The predicted octanol–water partition coefficient (Wildman–Crippen LogP) is 0.922. The van der Waals surface area contributed by atoms with Crippen molar-refractivity contribution < 1.29 is 14.6 Å². The van der Waals surface area contributed by atoms with E-state index < -0.39 is 5.82 Å². The van der Waals surface area contributed by atoms with Crippen LogP contribution >= 0.6 is 11.6 Å². The molecule has 0 unspecified atom stereocenters. The van der Waals surface area contributed by atoms with Crippen molar-refractivity contribution in [1.29, 1.82) is 0 Å². The monoisotopic (exact) mass is 233 g/mol. The molecule has 5 heteroatoms. The second kappa shape index (κ2) is 6.02. The molecule has 0 amide bonds. The summed E-state index contributed by atoms with van der Waals surface area (Å²) in [6, 6.07) is 4.09. The molecule has 0 aliphatic rings. The van der Waals surface area contributed by atoms with E-state index in [-0.39, 0.29) is 24.3 Å². The summed E-state index contributed by atoms with van der Waals surface area (Å²) in [6.45, 7) is 0.0546. The third kappa shape index (κ3) is 3.76. The molecule has 0 aliphatic heterocycles. The van der Waals surface area contributed by atoms with Crippen LogP contribution in [0.5, 0.6) is 0 Å². The third-order valence-corrected chi connectivity index (χ3v) is 2.33. The van der Waals surface area contributed by atoms with Crippen LogP contribution in [0.4, 0.5) is 4.39 Å². The summed E-state index contributed by atoms with van der Waals surface area (Å²) in [5.74, 6) is -0.472. The number of hydrogen-bond acceptors (Lipinski definition) is 3. The summed E-state index contributed by atoms with van der Waals surface area (Å²) in [6.07, 6.45) is 0. The SMILES string of the molecule is OCC(CO)NCc1ccc(Cl)c(F)c1. The van der Waals surface area contributed by atoms with Crippen LogP contribution in [0.1, 0.15) is 5.56 Å². The molecule has 0 heterocycles. The molecular weight excluding hydrogens is 221 g/mol. The number of benzene rings is 1. The first-order chi connectivity index (χ1) is 7.17. The summed E-state index contributed by atoms with van der Waals surface area (Å²) >= 11 is 5.52. The molecule has 0 saturated heterocycles. The normalized spacial score (nSPS) is 11.0. The van der Waals surface area contributed by atoms with E-state index in [1.807, 2.05) is 0 Å². The smallest absolute Gasteiger partial charge is 0.142 e. The highest BCUT2D eigenvalue weighted by Crippen LogP contribution is 2.15. The Bertz CT molecular complexity index is 318. The Balaban J connectivity index is 2.54. The fraction of sp³-hybridized carbons (Fsp3) is 0.400. The minimum absolute atomic E-state index is 0.0830. The number of rotatable bonds is 5. The topological polar surface area (TPSA) is 52.5 Å². The van der Waals surface area contributed by atoms with Gasteiger partial charge in [-0.05, 0) is 17.7 Å². The summed E-state index contributed by atoms with van der Waals surface area (Å²) in [4.78, 5) is 0. The maximum absolute atomic E-state index is 13.0. The largest absolute Gasteiger partial charge is 0.395 e. The van der Waals surface area contributed by atoms with Gasteiger partial charge >= 0.3 is 0 Å². The van der Waals surface area contributed by atoms with E-state index in [9.17, 15) is 4.39 Å². The zero-order chi connectivity index (χ0) is 11.3. The fourth-order valence-corrected chi connectivity index (χ4v) is 1.22. The zero-order valence-electron chi connectivity index (χ0n) is 8.08. The molecule has 15 heavy (non-hydrogen) atoms. The maximum atomic E-state index is 13.0. The van der Waals surface area contributed by atoms with Gasteiger partial charge in [-0.2, -0.15) is 0 Å². The third-order valence-electron chi connectivity index (χ3n) is 2.02. The molecular formula is C10H13ClFNO2. The van der Waals surface area contributed by atoms with E-state index in [2.05, 4.69) is 5.32 Å². The Morgan fingerprint density at radius 2 is 2.00 bits per heavy atom. The van der Waals surface area contributed by atoms with Crippen LogP contribution in [-0.2, 0) is 6.54 Å². The molecule has 0 saturated carbocycles. The van der Waals surface area contributed by atoms with E-state index in [0.717, 1.165) is 0 Å². The lowest BCUT2D eigenvalue weighted by Crippen LogP contribution is -2.35. The van der Waals surface area contributed by atoms with Gasteiger partial charge < -0.3 is 15.5 Å². The Kier molecular flexibility index (Phi) is 4.98. The van der Waals surface area contributed by atoms with E-state index in [4.69, 9.17) is 21.8 Å². The highest BCUT2D eigenvalue weighted by molar-refractivity contribution is 6.30. The first-order valence-corrected chi connectivity index (χ1v) is 4.94. The van der Waals surface area contributed by atoms with Crippen molar-refractivity contribution in [3.05, 3.63) is 34.6 Å². The average molecular weight is 234 g/mol. The minimum atomic E-state index is -0.472. The van der Waals surface area contributed by atoms with Gasteiger partial charge in [0.2, 0.25) is 0 Å². The van der Waals surface area contributed by atoms with E-state index >= 15 is 0 Å². The van der Waals surface area contributed by atoms with Gasteiger partial charge in [-0.1, -0.05) is 17.7 Å². The molecule has 0 fully saturated rings. The highest BCUT2D eigenvalue weighted by atomic mass is 35.5. The predicted molar refractivity (Wildman–Crippen MR) is 56.2 cm³/mol. The Hall–Kier alpha value is -0.680. The summed E-state index contributed by atoms with van der Waals surface area (Å²) in [7, 11) is 0. The Labute approximate surface area is 92.5 Å². The standard InChI is InChI=1S/C10H13ClFNO2/c11-9-2-1-7(3-10(9)12)4-13-8(5-14)6-15/h1-3,8,13-15H,4-6H2. The molecule has 0 bridgehead atoms. The van der Waals surface area contributed by atoms with Crippen LogP contribution in [0, 0.1) is 5.82 Å². The van der Waals surface area contributed by atoms with Crippen molar-refractivity contribution in [2.45, 2.75) is 12.6 Å². The Morgan fingerprint density at radius 1 is 1.33 bits per heavy atom. The summed E-state index contributed by atoms with van der Waals surface area (Å²) in [5, 5.41) is 20.5. The minimum Gasteiger partial charge on any atom is -0.395 e. The van der Waals surface area contributed by atoms with Crippen molar-refractivity contribution in [3.63, 3.8) is 0 Å². The molecule has 1 rings (SSSR count). The van der Waals surface area contributed by atoms with E-state index in [0.29, 0.717) is 12.1 Å². The highest BCUT2D eigenvalue weighted by Gasteiger charge is 2.05. The van der Waals surface area contributed by atoms with Gasteiger partial charge in [0, 0.05) is 6.54 Å². The average Bonchev–Trinajstić information content (AvgIpc) is 2.24. The van der Waals surface area contributed by atoms with Gasteiger partial charge in [-0.3, -0.25) is 0 Å². The first-order valence-electron chi connectivity index (χ1n) is 4.56. The molecule has 0 radical (unpaired) electrons. The molecule has 84 valence electrons. The van der Waals surface area contributed by atoms with Crippen molar-refractivity contribution in [2.24, 2.45) is 0 Å². The van der Waals surface area contributed by atoms with Crippen LogP contribution in [0.15, 0.2) is 18.2 Å². The molecule has 1 aromatic rings. The summed E-state index contributed by atoms with van der Waals surface area (Å²) < 4.78 is 13.0. The van der Waals surface area contributed by atoms with E-state index in [1.54, 1.807) is 6.07 Å². The number of hydrogen-bond donors (Lipinski definition) is 3. The molecule has 3 N–H and O–H groups in total. The van der Waals surface area contributed by atoms with Gasteiger partial charge in [0.1, 0.15) is 5.82 Å². The van der Waals surface area contributed by atoms with Crippen molar-refractivity contribution >= 4 is 11.6 Å². The molecule has 3 nitrogen and oxygen atoms in total. The van der Waals surface area contributed by atoms with Crippen molar-refractivity contribution in [3.8, 4) is 0 Å². The lowest BCUT2D eigenvalue weighted by molar-refractivity contribution is 0.170. The molecule has 1 aromatic carbocycles. The lowest BCUT2D eigenvalue weighted by Gasteiger charge is -2.13. The quantitative estimate of drug-likeness (QED) is 0.709. The van der Waals surface area contributed by atoms with Gasteiger partial charge in [0.15, 0.2) is 0 Å². The number of aliphatic hydroxyl groups is 2. The summed E-state index contributed by atoms with van der Waals surface area (Å²) in [5.41, 5.74) is 0.712. The van der Waals surface area contributed by atoms with Crippen molar-refractivity contribution in [1.82, 2.24) is 5.32 Å². The van der Waals surface area contributed by atoms with Gasteiger partial charge in [0.25, 0.3) is 0 Å². The number of halogens is 2. The van der Waals surface area contributed by atoms with Crippen LogP contribution in [0.25, 0.3) is 0 Å². The van der Waals surface area contributed by atoms with Gasteiger partial charge in [0.05, 0.1) is 24.3 Å². The Morgan fingerprint density at radius 3 is 2.53 bits per heavy atom. The van der Waals surface area contributed by atoms with Gasteiger partial charge in [-0.15, -0.1) is 0 Å². The first kappa shape index (κ1) is 12.4. The number of aliphatic hydroxyl groups excluding tert-OH is 2. The van der Waals surface area contributed by atoms with Crippen molar-refractivity contribution in [2.75, 3.05) is 13.2 Å².